The Labute approximate surface area is 191 Å². The van der Waals surface area contributed by atoms with Crippen LogP contribution in [0.25, 0.3) is 0 Å². The highest BCUT2D eigenvalue weighted by Gasteiger charge is 2.31. The van der Waals surface area contributed by atoms with E-state index >= 15 is 0 Å². The van der Waals surface area contributed by atoms with Gasteiger partial charge in [0.25, 0.3) is 0 Å². The molecule has 0 unspecified atom stereocenters. The topological polar surface area (TPSA) is 81.8 Å². The number of fused-ring (bicyclic) bond motifs is 1. The molecule has 2 atom stereocenters. The Morgan fingerprint density at radius 2 is 1.94 bits per heavy atom. The van der Waals surface area contributed by atoms with Crippen LogP contribution < -0.4 is 15.5 Å². The third kappa shape index (κ3) is 5.18. The number of carbonyl (C=O) groups excluding carboxylic acids is 3. The van der Waals surface area contributed by atoms with Gasteiger partial charge in [-0.05, 0) is 45.2 Å². The van der Waals surface area contributed by atoms with Gasteiger partial charge in [-0.1, -0.05) is 41.4 Å². The number of para-hydroxylation sites is 2. The van der Waals surface area contributed by atoms with Crippen molar-refractivity contribution in [3.8, 4) is 0 Å². The summed E-state index contributed by atoms with van der Waals surface area (Å²) in [5.41, 5.74) is 1.64. The summed E-state index contributed by atoms with van der Waals surface area (Å²) < 4.78 is 0. The molecule has 2 aromatic carbocycles. The van der Waals surface area contributed by atoms with Crippen molar-refractivity contribution in [3.63, 3.8) is 0 Å². The quantitative estimate of drug-likeness (QED) is 0.702. The second kappa shape index (κ2) is 9.68. The molecule has 0 bridgehead atoms. The molecule has 1 aliphatic heterocycles. The molecular weight excluding hydrogens is 439 g/mol. The molecule has 1 aliphatic rings. The van der Waals surface area contributed by atoms with Crippen LogP contribution in [0.1, 0.15) is 20.3 Å². The zero-order chi connectivity index (χ0) is 22.7. The Morgan fingerprint density at radius 1 is 1.23 bits per heavy atom. The summed E-state index contributed by atoms with van der Waals surface area (Å²) in [5.74, 6) is -0.672. The maximum atomic E-state index is 13.2. The van der Waals surface area contributed by atoms with Crippen LogP contribution in [0.5, 0.6) is 0 Å². The smallest absolute Gasteiger partial charge is 0.241 e. The fourth-order valence-corrected chi connectivity index (χ4v) is 3.78. The number of benzene rings is 2. The van der Waals surface area contributed by atoms with Gasteiger partial charge in [-0.3, -0.25) is 19.3 Å². The highest BCUT2D eigenvalue weighted by molar-refractivity contribution is 6.44. The van der Waals surface area contributed by atoms with Crippen molar-refractivity contribution in [1.82, 2.24) is 4.90 Å². The first-order valence-corrected chi connectivity index (χ1v) is 10.6. The maximum Gasteiger partial charge on any atom is 0.241 e. The van der Waals surface area contributed by atoms with Crippen LogP contribution in [0.3, 0.4) is 0 Å². The highest BCUT2D eigenvalue weighted by atomic mass is 35.5. The van der Waals surface area contributed by atoms with Crippen LogP contribution in [-0.2, 0) is 14.4 Å². The molecule has 1 heterocycles. The van der Waals surface area contributed by atoms with Gasteiger partial charge in [0.05, 0.1) is 39.7 Å². The molecule has 0 radical (unpaired) electrons. The Kier molecular flexibility index (Phi) is 7.20. The van der Waals surface area contributed by atoms with Gasteiger partial charge in [-0.25, -0.2) is 0 Å². The van der Waals surface area contributed by atoms with E-state index in [1.165, 1.54) is 0 Å². The van der Waals surface area contributed by atoms with Gasteiger partial charge >= 0.3 is 0 Å². The van der Waals surface area contributed by atoms with Gasteiger partial charge < -0.3 is 15.5 Å². The summed E-state index contributed by atoms with van der Waals surface area (Å²) in [6, 6.07) is 11.2. The molecule has 0 fully saturated rings. The molecule has 0 spiro atoms. The van der Waals surface area contributed by atoms with Crippen molar-refractivity contribution in [3.05, 3.63) is 52.5 Å². The average Bonchev–Trinajstić information content (AvgIpc) is 2.84. The second-order valence-electron chi connectivity index (χ2n) is 7.56. The Bertz CT molecular complexity index is 1010. The van der Waals surface area contributed by atoms with Gasteiger partial charge in [-0.15, -0.1) is 0 Å². The van der Waals surface area contributed by atoms with Gasteiger partial charge in [-0.2, -0.15) is 0 Å². The summed E-state index contributed by atoms with van der Waals surface area (Å²) >= 11 is 12.1. The molecule has 3 rings (SSSR count). The standard InChI is InChI=1S/C22H24Cl2N4O3/c1-13-11-19(29)25-16-8-4-5-10-18(16)28(13)20(30)12-27(3)14(2)22(31)26-17-9-6-7-15(23)21(17)24/h4-10,13-14H,11-12H2,1-3H3,(H,25,29)(H,26,31)/t13-,14+/m0/s1. The molecule has 164 valence electrons. The number of carbonyl (C=O) groups is 3. The summed E-state index contributed by atoms with van der Waals surface area (Å²) in [5, 5.41) is 6.18. The van der Waals surface area contributed by atoms with Crippen LogP contribution in [0.2, 0.25) is 10.0 Å². The molecule has 2 N–H and O–H groups in total. The fourth-order valence-electron chi connectivity index (χ4n) is 3.43. The third-order valence-corrected chi connectivity index (χ3v) is 6.08. The number of nitrogens with one attached hydrogen (secondary N) is 2. The van der Waals surface area contributed by atoms with E-state index in [2.05, 4.69) is 10.6 Å². The Balaban J connectivity index is 1.72. The molecular formula is C22H24Cl2N4O3. The summed E-state index contributed by atoms with van der Waals surface area (Å²) in [6.07, 6.45) is 0.188. The average molecular weight is 463 g/mol. The van der Waals surface area contributed by atoms with Crippen LogP contribution in [0.15, 0.2) is 42.5 Å². The lowest BCUT2D eigenvalue weighted by molar-refractivity contribution is -0.123. The van der Waals surface area contributed by atoms with Crippen LogP contribution in [-0.4, -0.2) is 48.3 Å². The number of likely N-dealkylation sites (N-methyl/N-ethyl adjacent to an activating group) is 1. The first-order chi connectivity index (χ1) is 14.7. The van der Waals surface area contributed by atoms with Crippen LogP contribution >= 0.6 is 23.2 Å². The molecule has 0 aliphatic carbocycles. The largest absolute Gasteiger partial charge is 0.324 e. The van der Waals surface area contributed by atoms with E-state index in [0.717, 1.165) is 0 Å². The van der Waals surface area contributed by atoms with Crippen LogP contribution in [0.4, 0.5) is 17.1 Å². The number of anilines is 3. The molecule has 0 saturated heterocycles. The monoisotopic (exact) mass is 462 g/mol. The number of rotatable bonds is 5. The molecule has 31 heavy (non-hydrogen) atoms. The molecule has 0 aromatic heterocycles. The first kappa shape index (κ1) is 23.1. The lowest BCUT2D eigenvalue weighted by atomic mass is 10.1. The SMILES string of the molecule is C[C@H](C(=O)Nc1cccc(Cl)c1Cl)N(C)CC(=O)N1c2ccccc2NC(=O)C[C@@H]1C. The normalized spacial score (nSPS) is 16.9. The lowest BCUT2D eigenvalue weighted by Crippen LogP contribution is -2.48. The zero-order valence-electron chi connectivity index (χ0n) is 17.5. The third-order valence-electron chi connectivity index (χ3n) is 5.26. The fraction of sp³-hybridized carbons (Fsp3) is 0.318. The number of nitrogens with zero attached hydrogens (tertiary/aromatic N) is 2. The minimum absolute atomic E-state index is 0.00920. The molecule has 7 nitrogen and oxygen atoms in total. The second-order valence-corrected chi connectivity index (χ2v) is 8.35. The lowest BCUT2D eigenvalue weighted by Gasteiger charge is -2.31. The van der Waals surface area contributed by atoms with E-state index in [1.807, 2.05) is 13.0 Å². The van der Waals surface area contributed by atoms with E-state index in [1.54, 1.807) is 60.2 Å². The number of hydrogen-bond donors (Lipinski definition) is 2. The summed E-state index contributed by atoms with van der Waals surface area (Å²) in [6.45, 7) is 3.52. The van der Waals surface area contributed by atoms with Gasteiger partial charge in [0.2, 0.25) is 17.7 Å². The minimum Gasteiger partial charge on any atom is -0.324 e. The van der Waals surface area contributed by atoms with Crippen molar-refractivity contribution in [1.29, 1.82) is 0 Å². The highest BCUT2D eigenvalue weighted by Crippen LogP contribution is 2.32. The van der Waals surface area contributed by atoms with Crippen molar-refractivity contribution in [2.24, 2.45) is 0 Å². The summed E-state index contributed by atoms with van der Waals surface area (Å²) in [4.78, 5) is 41.3. The summed E-state index contributed by atoms with van der Waals surface area (Å²) in [7, 11) is 1.69. The van der Waals surface area contributed by atoms with Crippen molar-refractivity contribution >= 4 is 58.0 Å². The number of amides is 3. The minimum atomic E-state index is -0.615. The maximum absolute atomic E-state index is 13.2. The van der Waals surface area contributed by atoms with Crippen molar-refractivity contribution in [2.45, 2.75) is 32.4 Å². The van der Waals surface area contributed by atoms with Crippen molar-refractivity contribution < 1.29 is 14.4 Å². The molecule has 9 heteroatoms. The molecule has 0 saturated carbocycles. The first-order valence-electron chi connectivity index (χ1n) is 9.85. The van der Waals surface area contributed by atoms with Crippen molar-refractivity contribution in [2.75, 3.05) is 29.1 Å². The van der Waals surface area contributed by atoms with E-state index in [-0.39, 0.29) is 41.8 Å². The predicted octanol–water partition coefficient (Wildman–Crippen LogP) is 4.02. The van der Waals surface area contributed by atoms with Gasteiger partial charge in [0.15, 0.2) is 0 Å². The Hall–Kier alpha value is -2.61. The zero-order valence-corrected chi connectivity index (χ0v) is 19.0. The van der Waals surface area contributed by atoms with E-state index in [0.29, 0.717) is 22.1 Å². The number of halogens is 2. The van der Waals surface area contributed by atoms with Gasteiger partial charge in [0, 0.05) is 12.5 Å². The predicted molar refractivity (Wildman–Crippen MR) is 124 cm³/mol. The number of hydrogen-bond acceptors (Lipinski definition) is 4. The molecule has 2 aromatic rings. The van der Waals surface area contributed by atoms with E-state index in [9.17, 15) is 14.4 Å². The van der Waals surface area contributed by atoms with E-state index < -0.39 is 6.04 Å². The van der Waals surface area contributed by atoms with Crippen LogP contribution in [0, 0.1) is 0 Å². The Morgan fingerprint density at radius 3 is 2.68 bits per heavy atom. The van der Waals surface area contributed by atoms with E-state index in [4.69, 9.17) is 23.2 Å². The molecule has 3 amide bonds. The van der Waals surface area contributed by atoms with Gasteiger partial charge in [0.1, 0.15) is 0 Å².